The summed E-state index contributed by atoms with van der Waals surface area (Å²) in [7, 11) is 1.60. The van der Waals surface area contributed by atoms with Gasteiger partial charge in [-0.2, -0.15) is 0 Å². The predicted molar refractivity (Wildman–Crippen MR) is 138 cm³/mol. The van der Waals surface area contributed by atoms with E-state index in [2.05, 4.69) is 13.8 Å². The SMILES string of the molecule is CO[C@@H]1C[C@H](O[C@H]2CC[C@]3(C)[C@@H]4CC[C@]5(C)[C@@H](C6=CC(=O)OC6)CC[C@]5(O)[C@@H]4CC[C@]3(O)C2)O[C@@H](C)[C@H]1O. The number of hydrogen-bond acceptors (Lipinski definition) is 8. The number of ether oxygens (including phenoxy) is 4. The van der Waals surface area contributed by atoms with E-state index in [0.717, 1.165) is 50.5 Å². The van der Waals surface area contributed by atoms with E-state index in [0.29, 0.717) is 25.9 Å². The summed E-state index contributed by atoms with van der Waals surface area (Å²) in [5.41, 5.74) is -1.17. The van der Waals surface area contributed by atoms with Crippen molar-refractivity contribution in [2.75, 3.05) is 13.7 Å². The molecule has 0 unspecified atom stereocenters. The molecular formula is C30H46O8. The molecule has 5 fully saturated rings. The van der Waals surface area contributed by atoms with Crippen molar-refractivity contribution in [3.8, 4) is 0 Å². The number of fused-ring (bicyclic) bond motifs is 5. The number of rotatable bonds is 4. The zero-order valence-corrected chi connectivity index (χ0v) is 23.4. The summed E-state index contributed by atoms with van der Waals surface area (Å²) in [5.74, 6) is 0.293. The Morgan fingerprint density at radius 1 is 1.00 bits per heavy atom. The molecule has 0 bridgehead atoms. The second-order valence-electron chi connectivity index (χ2n) is 13.8. The van der Waals surface area contributed by atoms with Crippen molar-refractivity contribution in [3.05, 3.63) is 11.6 Å². The zero-order chi connectivity index (χ0) is 27.1. The van der Waals surface area contributed by atoms with Crippen LogP contribution in [0.2, 0.25) is 0 Å². The lowest BCUT2D eigenvalue weighted by Gasteiger charge is -2.66. The van der Waals surface area contributed by atoms with E-state index in [1.165, 1.54) is 0 Å². The molecule has 4 saturated carbocycles. The Labute approximate surface area is 226 Å². The van der Waals surface area contributed by atoms with Crippen LogP contribution in [0.4, 0.5) is 0 Å². The summed E-state index contributed by atoms with van der Waals surface area (Å²) < 4.78 is 23.0. The standard InChI is InChI=1S/C30H46O8/c1-17-26(32)23(35-4)14-25(37-17)38-19-5-9-27(2)21-6-10-28(3)20(18-13-24(31)36-16-18)8-12-30(28,34)22(21)7-11-29(27,33)15-19/h13,17,19-23,25-26,32-34H,5-12,14-16H2,1-4H3/t17-,19-,20+,21+,22+,23+,25-,26+,27+,28+,29-,30-/m0/s1. The van der Waals surface area contributed by atoms with Crippen molar-refractivity contribution in [2.45, 2.75) is 127 Å². The first-order valence-corrected chi connectivity index (χ1v) is 14.8. The minimum atomic E-state index is -0.853. The van der Waals surface area contributed by atoms with E-state index in [4.69, 9.17) is 18.9 Å². The highest BCUT2D eigenvalue weighted by Crippen LogP contribution is 2.70. The average Bonchev–Trinajstić information content (AvgIpc) is 3.41. The van der Waals surface area contributed by atoms with Gasteiger partial charge in [-0.1, -0.05) is 13.8 Å². The topological polar surface area (TPSA) is 115 Å². The van der Waals surface area contributed by atoms with Gasteiger partial charge in [-0.05, 0) is 87.0 Å². The molecule has 38 heavy (non-hydrogen) atoms. The highest BCUT2D eigenvalue weighted by Gasteiger charge is 2.70. The summed E-state index contributed by atoms with van der Waals surface area (Å²) >= 11 is 0. The largest absolute Gasteiger partial charge is 0.458 e. The number of carbonyl (C=O) groups is 1. The maximum Gasteiger partial charge on any atom is 0.331 e. The fourth-order valence-electron chi connectivity index (χ4n) is 10.0. The Balaban J connectivity index is 1.18. The normalized spacial score (nSPS) is 54.5. The molecular weight excluding hydrogens is 488 g/mol. The second kappa shape index (κ2) is 9.25. The summed E-state index contributed by atoms with van der Waals surface area (Å²) in [6.45, 7) is 6.67. The molecule has 0 spiro atoms. The molecule has 0 aromatic rings. The van der Waals surface area contributed by atoms with Gasteiger partial charge in [0.05, 0.1) is 29.5 Å². The lowest BCUT2D eigenvalue weighted by atomic mass is 9.42. The lowest BCUT2D eigenvalue weighted by molar-refractivity contribution is -0.291. The third-order valence-corrected chi connectivity index (χ3v) is 12.4. The Bertz CT molecular complexity index is 983. The van der Waals surface area contributed by atoms with E-state index in [1.807, 2.05) is 6.92 Å². The van der Waals surface area contributed by atoms with E-state index >= 15 is 0 Å². The third-order valence-electron chi connectivity index (χ3n) is 12.4. The van der Waals surface area contributed by atoms with Crippen molar-refractivity contribution in [1.29, 1.82) is 0 Å². The highest BCUT2D eigenvalue weighted by atomic mass is 16.7. The van der Waals surface area contributed by atoms with Gasteiger partial charge in [0.25, 0.3) is 0 Å². The number of methoxy groups -OCH3 is 1. The number of esters is 1. The Morgan fingerprint density at radius 3 is 2.45 bits per heavy atom. The van der Waals surface area contributed by atoms with E-state index in [1.54, 1.807) is 13.2 Å². The molecule has 6 rings (SSSR count). The summed E-state index contributed by atoms with van der Waals surface area (Å²) in [4.78, 5) is 11.8. The molecule has 8 heteroatoms. The van der Waals surface area contributed by atoms with Crippen molar-refractivity contribution < 1.29 is 39.1 Å². The highest BCUT2D eigenvalue weighted by molar-refractivity contribution is 5.85. The first kappa shape index (κ1) is 27.2. The van der Waals surface area contributed by atoms with Crippen molar-refractivity contribution in [3.63, 3.8) is 0 Å². The summed E-state index contributed by atoms with van der Waals surface area (Å²) in [5, 5.41) is 34.9. The van der Waals surface area contributed by atoms with Crippen molar-refractivity contribution >= 4 is 5.97 Å². The van der Waals surface area contributed by atoms with Crippen LogP contribution < -0.4 is 0 Å². The van der Waals surface area contributed by atoms with Gasteiger partial charge in [0.1, 0.15) is 12.7 Å². The minimum Gasteiger partial charge on any atom is -0.458 e. The lowest BCUT2D eigenvalue weighted by Crippen LogP contribution is -2.67. The number of carbonyl (C=O) groups excluding carboxylic acids is 1. The molecule has 8 nitrogen and oxygen atoms in total. The van der Waals surface area contributed by atoms with Crippen LogP contribution in [0.25, 0.3) is 0 Å². The van der Waals surface area contributed by atoms with Gasteiger partial charge in [0, 0.05) is 31.4 Å². The molecule has 214 valence electrons. The van der Waals surface area contributed by atoms with E-state index in [-0.39, 0.29) is 52.9 Å². The molecule has 0 amide bonds. The van der Waals surface area contributed by atoms with Crippen LogP contribution >= 0.6 is 0 Å². The van der Waals surface area contributed by atoms with Gasteiger partial charge in [-0.3, -0.25) is 0 Å². The maximum absolute atomic E-state index is 12.4. The van der Waals surface area contributed by atoms with Crippen LogP contribution in [0.3, 0.4) is 0 Å². The number of aliphatic hydroxyl groups is 3. The number of aliphatic hydroxyl groups excluding tert-OH is 1. The van der Waals surface area contributed by atoms with Crippen LogP contribution in [-0.4, -0.2) is 76.9 Å². The molecule has 2 aliphatic heterocycles. The average molecular weight is 535 g/mol. The van der Waals surface area contributed by atoms with Gasteiger partial charge >= 0.3 is 5.97 Å². The first-order chi connectivity index (χ1) is 17.9. The van der Waals surface area contributed by atoms with Gasteiger partial charge in [0.2, 0.25) is 0 Å². The van der Waals surface area contributed by atoms with Gasteiger partial charge < -0.3 is 34.3 Å². The molecule has 4 aliphatic carbocycles. The van der Waals surface area contributed by atoms with Crippen LogP contribution in [0, 0.1) is 28.6 Å². The summed E-state index contributed by atoms with van der Waals surface area (Å²) in [6.07, 6.45) is 7.36. The van der Waals surface area contributed by atoms with Gasteiger partial charge in [-0.15, -0.1) is 0 Å². The minimum absolute atomic E-state index is 0.116. The molecule has 0 aromatic carbocycles. The first-order valence-electron chi connectivity index (χ1n) is 14.8. The Hall–Kier alpha value is -1.03. The molecule has 0 radical (unpaired) electrons. The predicted octanol–water partition coefficient (Wildman–Crippen LogP) is 3.25. The van der Waals surface area contributed by atoms with E-state index in [9.17, 15) is 20.1 Å². The smallest absolute Gasteiger partial charge is 0.331 e. The van der Waals surface area contributed by atoms with E-state index < -0.39 is 23.6 Å². The summed E-state index contributed by atoms with van der Waals surface area (Å²) in [6, 6.07) is 0. The number of hydrogen-bond donors (Lipinski definition) is 3. The Morgan fingerprint density at radius 2 is 1.74 bits per heavy atom. The van der Waals surface area contributed by atoms with Crippen molar-refractivity contribution in [1.82, 2.24) is 0 Å². The van der Waals surface area contributed by atoms with Crippen molar-refractivity contribution in [2.24, 2.45) is 28.6 Å². The molecule has 3 N–H and O–H groups in total. The monoisotopic (exact) mass is 534 g/mol. The van der Waals surface area contributed by atoms with Crippen LogP contribution in [0.1, 0.15) is 85.0 Å². The molecule has 0 aromatic heterocycles. The fraction of sp³-hybridized carbons (Fsp3) is 0.900. The van der Waals surface area contributed by atoms with Crippen LogP contribution in [0.5, 0.6) is 0 Å². The zero-order valence-electron chi connectivity index (χ0n) is 23.4. The molecule has 6 aliphatic rings. The third kappa shape index (κ3) is 3.81. The molecule has 1 saturated heterocycles. The second-order valence-corrected chi connectivity index (χ2v) is 13.8. The quantitative estimate of drug-likeness (QED) is 0.372. The maximum atomic E-state index is 12.4. The van der Waals surface area contributed by atoms with Gasteiger partial charge in [-0.25, -0.2) is 4.79 Å². The molecule has 12 atom stereocenters. The van der Waals surface area contributed by atoms with Crippen LogP contribution in [-0.2, 0) is 23.7 Å². The number of cyclic esters (lactones) is 1. The van der Waals surface area contributed by atoms with Crippen LogP contribution in [0.15, 0.2) is 11.6 Å². The molecule has 2 heterocycles. The Kier molecular flexibility index (Phi) is 6.61. The fourth-order valence-corrected chi connectivity index (χ4v) is 10.0. The van der Waals surface area contributed by atoms with Gasteiger partial charge in [0.15, 0.2) is 6.29 Å².